The molecule has 0 atom stereocenters. The molecule has 104 valence electrons. The van der Waals surface area contributed by atoms with Crippen LogP contribution in [-0.2, 0) is 10.0 Å². The molecule has 6 heteroatoms. The Morgan fingerprint density at radius 3 is 2.47 bits per heavy atom. The van der Waals surface area contributed by atoms with Gasteiger partial charge in [0.05, 0.1) is 4.90 Å². The molecule has 19 heavy (non-hydrogen) atoms. The monoisotopic (exact) mass is 298 g/mol. The molecule has 1 aliphatic carbocycles. The van der Waals surface area contributed by atoms with Crippen molar-refractivity contribution < 1.29 is 8.42 Å². The fourth-order valence-corrected chi connectivity index (χ4v) is 4.18. The van der Waals surface area contributed by atoms with Gasteiger partial charge >= 0.3 is 0 Å². The lowest BCUT2D eigenvalue weighted by Crippen LogP contribution is -2.37. The maximum Gasteiger partial charge on any atom is 0.241 e. The van der Waals surface area contributed by atoms with Crippen molar-refractivity contribution in [1.82, 2.24) is 4.72 Å². The van der Waals surface area contributed by atoms with Crippen molar-refractivity contribution >= 4 is 27.2 Å². The summed E-state index contributed by atoms with van der Waals surface area (Å²) < 4.78 is 27.6. The van der Waals surface area contributed by atoms with Gasteiger partial charge < -0.3 is 5.73 Å². The van der Waals surface area contributed by atoms with Crippen LogP contribution in [0.1, 0.15) is 37.7 Å². The minimum absolute atomic E-state index is 0.0261. The summed E-state index contributed by atoms with van der Waals surface area (Å²) in [6.07, 6.45) is 5.12. The van der Waals surface area contributed by atoms with E-state index in [-0.39, 0.29) is 15.9 Å². The lowest BCUT2D eigenvalue weighted by Gasteiger charge is -2.23. The summed E-state index contributed by atoms with van der Waals surface area (Å²) in [5.41, 5.74) is 5.99. The van der Waals surface area contributed by atoms with E-state index in [2.05, 4.69) is 4.72 Å². The predicted octanol–water partition coefficient (Wildman–Crippen LogP) is 1.93. The van der Waals surface area contributed by atoms with Gasteiger partial charge in [-0.3, -0.25) is 0 Å². The van der Waals surface area contributed by atoms with Crippen LogP contribution in [0, 0.1) is 0 Å². The molecule has 1 aliphatic rings. The van der Waals surface area contributed by atoms with Crippen molar-refractivity contribution in [2.45, 2.75) is 43.0 Å². The van der Waals surface area contributed by atoms with Gasteiger partial charge in [-0.1, -0.05) is 49.7 Å². The quantitative estimate of drug-likeness (QED) is 0.833. The lowest BCUT2D eigenvalue weighted by molar-refractivity contribution is 0.412. The molecular weight excluding hydrogens is 280 g/mol. The van der Waals surface area contributed by atoms with Crippen molar-refractivity contribution in [3.8, 4) is 0 Å². The van der Waals surface area contributed by atoms with E-state index in [9.17, 15) is 8.42 Å². The van der Waals surface area contributed by atoms with E-state index in [0.29, 0.717) is 5.56 Å². The average Bonchev–Trinajstić information content (AvgIpc) is 2.39. The second-order valence-corrected chi connectivity index (χ2v) is 6.94. The van der Waals surface area contributed by atoms with Gasteiger partial charge in [0.25, 0.3) is 0 Å². The Kier molecular flexibility index (Phi) is 4.54. The Bertz CT molecular complexity index is 564. The van der Waals surface area contributed by atoms with Crippen molar-refractivity contribution in [2.24, 2.45) is 5.73 Å². The van der Waals surface area contributed by atoms with E-state index < -0.39 is 10.0 Å². The van der Waals surface area contributed by atoms with Crippen molar-refractivity contribution in [3.63, 3.8) is 0 Å². The number of rotatable bonds is 4. The summed E-state index contributed by atoms with van der Waals surface area (Å²) in [5, 5.41) is 0. The van der Waals surface area contributed by atoms with E-state index >= 15 is 0 Å². The number of hydrogen-bond donors (Lipinski definition) is 2. The first kappa shape index (κ1) is 14.4. The van der Waals surface area contributed by atoms with Gasteiger partial charge in [0.1, 0.15) is 4.99 Å². The molecular formula is C13H18N2O2S2. The maximum absolute atomic E-state index is 12.4. The first-order chi connectivity index (χ1) is 9.00. The molecule has 0 amide bonds. The van der Waals surface area contributed by atoms with Crippen LogP contribution in [0.4, 0.5) is 0 Å². The molecule has 1 fully saturated rings. The van der Waals surface area contributed by atoms with E-state index in [1.54, 1.807) is 24.3 Å². The highest BCUT2D eigenvalue weighted by Crippen LogP contribution is 2.21. The van der Waals surface area contributed by atoms with Gasteiger partial charge in [-0.15, -0.1) is 0 Å². The van der Waals surface area contributed by atoms with Crippen LogP contribution in [0.25, 0.3) is 0 Å². The molecule has 0 aromatic heterocycles. The van der Waals surface area contributed by atoms with E-state index in [1.807, 2.05) is 0 Å². The molecule has 1 saturated carbocycles. The van der Waals surface area contributed by atoms with Gasteiger partial charge in [-0.2, -0.15) is 0 Å². The van der Waals surface area contributed by atoms with Crippen LogP contribution in [0.3, 0.4) is 0 Å². The van der Waals surface area contributed by atoms with Crippen LogP contribution in [0.5, 0.6) is 0 Å². The second kappa shape index (κ2) is 5.98. The Hall–Kier alpha value is -0.980. The Morgan fingerprint density at radius 1 is 1.21 bits per heavy atom. The molecule has 0 bridgehead atoms. The normalized spacial score (nSPS) is 17.3. The predicted molar refractivity (Wildman–Crippen MR) is 79.5 cm³/mol. The third-order valence-corrected chi connectivity index (χ3v) is 5.17. The van der Waals surface area contributed by atoms with Crippen molar-refractivity contribution in [3.05, 3.63) is 29.8 Å². The number of sulfonamides is 1. The minimum Gasteiger partial charge on any atom is -0.389 e. The summed E-state index contributed by atoms with van der Waals surface area (Å²) in [7, 11) is -3.55. The molecule has 2 rings (SSSR count). The second-order valence-electron chi connectivity index (χ2n) is 4.82. The molecule has 4 nitrogen and oxygen atoms in total. The molecule has 1 aromatic rings. The van der Waals surface area contributed by atoms with Gasteiger partial charge in [-0.25, -0.2) is 13.1 Å². The van der Waals surface area contributed by atoms with E-state index in [4.69, 9.17) is 18.0 Å². The summed E-state index contributed by atoms with van der Waals surface area (Å²) in [5.74, 6) is 0. The Morgan fingerprint density at radius 2 is 1.84 bits per heavy atom. The Labute approximate surface area is 119 Å². The average molecular weight is 298 g/mol. The van der Waals surface area contributed by atoms with Crippen LogP contribution >= 0.6 is 12.2 Å². The fraction of sp³-hybridized carbons (Fsp3) is 0.462. The van der Waals surface area contributed by atoms with Crippen molar-refractivity contribution in [2.75, 3.05) is 0 Å². The number of nitrogens with two attached hydrogens (primary N) is 1. The zero-order valence-corrected chi connectivity index (χ0v) is 12.3. The summed E-state index contributed by atoms with van der Waals surface area (Å²) in [6, 6.07) is 6.61. The number of benzene rings is 1. The third-order valence-electron chi connectivity index (χ3n) is 3.37. The zero-order valence-electron chi connectivity index (χ0n) is 10.6. The van der Waals surface area contributed by atoms with Gasteiger partial charge in [0.15, 0.2) is 0 Å². The maximum atomic E-state index is 12.4. The zero-order chi connectivity index (χ0) is 13.9. The topological polar surface area (TPSA) is 72.2 Å². The van der Waals surface area contributed by atoms with Crippen LogP contribution in [-0.4, -0.2) is 19.4 Å². The summed E-state index contributed by atoms with van der Waals surface area (Å²) in [6.45, 7) is 0. The van der Waals surface area contributed by atoms with E-state index in [0.717, 1.165) is 25.7 Å². The van der Waals surface area contributed by atoms with E-state index in [1.165, 1.54) is 6.42 Å². The molecule has 0 unspecified atom stereocenters. The van der Waals surface area contributed by atoms with Crippen molar-refractivity contribution in [1.29, 1.82) is 0 Å². The van der Waals surface area contributed by atoms with Gasteiger partial charge in [-0.05, 0) is 18.9 Å². The van der Waals surface area contributed by atoms with Crippen LogP contribution in [0.2, 0.25) is 0 Å². The molecule has 3 N–H and O–H groups in total. The number of hydrogen-bond acceptors (Lipinski definition) is 3. The molecule has 0 aliphatic heterocycles. The molecule has 0 spiro atoms. The molecule has 1 aromatic carbocycles. The standard InChI is InChI=1S/C13H18N2O2S2/c14-13(18)11-8-4-5-9-12(11)19(16,17)15-10-6-2-1-3-7-10/h4-5,8-10,15H,1-3,6-7H2,(H2,14,18). The largest absolute Gasteiger partial charge is 0.389 e. The first-order valence-electron chi connectivity index (χ1n) is 6.42. The first-order valence-corrected chi connectivity index (χ1v) is 8.31. The highest BCUT2D eigenvalue weighted by atomic mass is 32.2. The number of thiocarbonyl (C=S) groups is 1. The SMILES string of the molecule is NC(=S)c1ccccc1S(=O)(=O)NC1CCCCC1. The molecule has 0 heterocycles. The Balaban J connectivity index is 2.26. The minimum atomic E-state index is -3.55. The molecule has 0 saturated heterocycles. The highest BCUT2D eigenvalue weighted by molar-refractivity contribution is 7.89. The fourth-order valence-electron chi connectivity index (χ4n) is 2.41. The highest BCUT2D eigenvalue weighted by Gasteiger charge is 2.24. The molecule has 0 radical (unpaired) electrons. The lowest BCUT2D eigenvalue weighted by atomic mass is 9.96. The summed E-state index contributed by atoms with van der Waals surface area (Å²) in [4.78, 5) is 0.276. The van der Waals surface area contributed by atoms with Gasteiger partial charge in [0, 0.05) is 11.6 Å². The van der Waals surface area contributed by atoms with Crippen LogP contribution in [0.15, 0.2) is 29.2 Å². The third kappa shape index (κ3) is 3.52. The number of nitrogens with one attached hydrogen (secondary N) is 1. The van der Waals surface area contributed by atoms with Gasteiger partial charge in [0.2, 0.25) is 10.0 Å². The van der Waals surface area contributed by atoms with Crippen LogP contribution < -0.4 is 10.5 Å². The summed E-state index contributed by atoms with van der Waals surface area (Å²) >= 11 is 4.91. The smallest absolute Gasteiger partial charge is 0.241 e.